The Balaban J connectivity index is 1.58. The molecule has 0 aliphatic heterocycles. The summed E-state index contributed by atoms with van der Waals surface area (Å²) >= 11 is 0. The molecule has 0 saturated heterocycles. The molecule has 0 aliphatic rings. The van der Waals surface area contributed by atoms with Crippen LogP contribution < -0.4 is 0 Å². The van der Waals surface area contributed by atoms with Gasteiger partial charge in [-0.05, 0) is 72.6 Å². The summed E-state index contributed by atoms with van der Waals surface area (Å²) in [6.45, 7) is 0. The number of furan rings is 1. The lowest BCUT2D eigenvalue weighted by atomic mass is 9.82. The summed E-state index contributed by atoms with van der Waals surface area (Å²) in [6, 6.07) is 48.1. The fourth-order valence-electron chi connectivity index (χ4n) is 6.89. The van der Waals surface area contributed by atoms with E-state index in [1.807, 2.05) is 91.0 Å². The van der Waals surface area contributed by atoms with E-state index in [0.717, 1.165) is 77.2 Å². The Kier molecular flexibility index (Phi) is 5.00. The van der Waals surface area contributed by atoms with E-state index < -0.39 is 0 Å². The molecule has 1 heteroatoms. The minimum absolute atomic E-state index is 0.0580. The summed E-state index contributed by atoms with van der Waals surface area (Å²) in [7, 11) is 0. The maximum atomic E-state index is 9.52. The van der Waals surface area contributed by atoms with E-state index in [2.05, 4.69) is 54.6 Å². The first-order valence-corrected chi connectivity index (χ1v) is 15.1. The van der Waals surface area contributed by atoms with Crippen LogP contribution in [0.5, 0.6) is 0 Å². The van der Waals surface area contributed by atoms with Crippen molar-refractivity contribution >= 4 is 43.5 Å². The van der Waals surface area contributed by atoms with Gasteiger partial charge in [0, 0.05) is 16.3 Å². The number of benzene rings is 8. The lowest BCUT2D eigenvalue weighted by Gasteiger charge is -2.21. The van der Waals surface area contributed by atoms with Gasteiger partial charge in [-0.25, -0.2) is 0 Å². The van der Waals surface area contributed by atoms with Crippen LogP contribution in [-0.4, -0.2) is 0 Å². The average molecular weight is 577 g/mol. The molecule has 9 aromatic rings. The minimum Gasteiger partial charge on any atom is -0.455 e. The topological polar surface area (TPSA) is 13.1 Å². The summed E-state index contributed by atoms with van der Waals surface area (Å²) in [4.78, 5) is 0. The number of hydrogen-bond acceptors (Lipinski definition) is 1. The van der Waals surface area contributed by atoms with Gasteiger partial charge in [-0.2, -0.15) is 0 Å². The van der Waals surface area contributed by atoms with Crippen LogP contribution in [0.25, 0.3) is 88.0 Å². The maximum Gasteiger partial charge on any atom is 0.143 e. The zero-order valence-electron chi connectivity index (χ0n) is 28.3. The van der Waals surface area contributed by atoms with Gasteiger partial charge in [0.15, 0.2) is 0 Å². The molecule has 0 fully saturated rings. The Hall–Kier alpha value is -5.92. The summed E-state index contributed by atoms with van der Waals surface area (Å²) in [5.74, 6) is 0. The predicted octanol–water partition coefficient (Wildman–Crippen LogP) is 12.6. The fourth-order valence-corrected chi connectivity index (χ4v) is 6.89. The molecule has 1 heterocycles. The molecule has 0 bridgehead atoms. The molecule has 0 unspecified atom stereocenters. The van der Waals surface area contributed by atoms with Crippen molar-refractivity contribution in [1.29, 1.82) is 0 Å². The maximum absolute atomic E-state index is 9.52. The highest BCUT2D eigenvalue weighted by atomic mass is 16.3. The standard InChI is InChI=1S/C44H28O/c1-4-15-29(16-5-1)32-24-14-25-37-40(31-19-8-3-9-20-31)34-21-10-11-22-35(34)42(41(32)37)38-28-27-33(30-17-6-2-7-18-30)44-43(38)36-23-12-13-26-39(36)45-44/h1-28H/i10D,11D,21D,22D. The van der Waals surface area contributed by atoms with Gasteiger partial charge < -0.3 is 4.42 Å². The van der Waals surface area contributed by atoms with Gasteiger partial charge >= 0.3 is 0 Å². The van der Waals surface area contributed by atoms with Crippen LogP contribution >= 0.6 is 0 Å². The molecule has 8 aromatic carbocycles. The van der Waals surface area contributed by atoms with Crippen LogP contribution in [0.1, 0.15) is 5.48 Å². The van der Waals surface area contributed by atoms with E-state index in [-0.39, 0.29) is 24.2 Å². The first-order valence-electron chi connectivity index (χ1n) is 17.1. The SMILES string of the molecule is [2H]c1c([2H])c([2H])c2c(-c3ccc(-c4ccccc4)c4oc5ccccc5c34)c3c(-c4ccccc4)cccc3c(-c3ccccc3)c2c1[2H]. The molecule has 0 amide bonds. The lowest BCUT2D eigenvalue weighted by molar-refractivity contribution is 0.670. The highest BCUT2D eigenvalue weighted by Crippen LogP contribution is 2.50. The summed E-state index contributed by atoms with van der Waals surface area (Å²) in [6.07, 6.45) is 0. The molecule has 0 spiro atoms. The number of para-hydroxylation sites is 1. The van der Waals surface area contributed by atoms with Crippen LogP contribution in [0.2, 0.25) is 0 Å². The Bertz CT molecular complexity index is 2730. The Morgan fingerprint density at radius 1 is 0.378 bits per heavy atom. The number of fused-ring (bicyclic) bond motifs is 5. The summed E-state index contributed by atoms with van der Waals surface area (Å²) in [5.41, 5.74) is 8.74. The molecule has 0 N–H and O–H groups in total. The molecular weight excluding hydrogens is 544 g/mol. The van der Waals surface area contributed by atoms with E-state index in [4.69, 9.17) is 7.16 Å². The third-order valence-corrected chi connectivity index (χ3v) is 8.80. The fraction of sp³-hybridized carbons (Fsp3) is 0. The first-order chi connectivity index (χ1) is 24.0. The lowest BCUT2D eigenvalue weighted by Crippen LogP contribution is -1.94. The van der Waals surface area contributed by atoms with Gasteiger partial charge in [-0.3, -0.25) is 0 Å². The number of hydrogen-bond donors (Lipinski definition) is 0. The quantitative estimate of drug-likeness (QED) is 0.190. The van der Waals surface area contributed by atoms with E-state index in [9.17, 15) is 2.74 Å². The van der Waals surface area contributed by atoms with Crippen molar-refractivity contribution in [3.63, 3.8) is 0 Å². The largest absolute Gasteiger partial charge is 0.455 e. The van der Waals surface area contributed by atoms with Gasteiger partial charge in [0.25, 0.3) is 0 Å². The molecule has 0 aliphatic carbocycles. The zero-order chi connectivity index (χ0) is 33.2. The molecular formula is C44H28O. The van der Waals surface area contributed by atoms with E-state index in [1.165, 1.54) is 0 Å². The molecule has 0 atom stereocenters. The van der Waals surface area contributed by atoms with Crippen LogP contribution in [0.4, 0.5) is 0 Å². The molecule has 1 aromatic heterocycles. The second-order valence-electron chi connectivity index (χ2n) is 11.3. The molecule has 9 rings (SSSR count). The Morgan fingerprint density at radius 2 is 0.933 bits per heavy atom. The van der Waals surface area contributed by atoms with Crippen molar-refractivity contribution in [3.05, 3.63) is 170 Å². The van der Waals surface area contributed by atoms with Gasteiger partial charge in [-0.1, -0.05) is 158 Å². The summed E-state index contributed by atoms with van der Waals surface area (Å²) < 4.78 is 43.3. The third kappa shape index (κ3) is 4.02. The van der Waals surface area contributed by atoms with Crippen molar-refractivity contribution in [2.75, 3.05) is 0 Å². The van der Waals surface area contributed by atoms with Crippen molar-refractivity contribution in [2.45, 2.75) is 0 Å². The molecule has 0 saturated carbocycles. The van der Waals surface area contributed by atoms with Crippen molar-refractivity contribution in [2.24, 2.45) is 0 Å². The molecule has 210 valence electrons. The zero-order valence-corrected chi connectivity index (χ0v) is 24.3. The van der Waals surface area contributed by atoms with E-state index in [1.54, 1.807) is 0 Å². The first kappa shape index (κ1) is 21.7. The normalized spacial score (nSPS) is 12.8. The van der Waals surface area contributed by atoms with Gasteiger partial charge in [0.2, 0.25) is 0 Å². The minimum atomic E-state index is -0.261. The van der Waals surface area contributed by atoms with E-state index >= 15 is 0 Å². The molecule has 45 heavy (non-hydrogen) atoms. The third-order valence-electron chi connectivity index (χ3n) is 8.80. The van der Waals surface area contributed by atoms with E-state index in [0.29, 0.717) is 10.8 Å². The highest BCUT2D eigenvalue weighted by molar-refractivity contribution is 6.28. The Labute approximate surface area is 267 Å². The molecule has 0 radical (unpaired) electrons. The molecule has 1 nitrogen and oxygen atoms in total. The number of rotatable bonds is 4. The predicted molar refractivity (Wildman–Crippen MR) is 190 cm³/mol. The monoisotopic (exact) mass is 576 g/mol. The van der Waals surface area contributed by atoms with Gasteiger partial charge in [0.1, 0.15) is 11.2 Å². The summed E-state index contributed by atoms with van der Waals surface area (Å²) in [5, 5.41) is 4.66. The van der Waals surface area contributed by atoms with Crippen LogP contribution in [0.3, 0.4) is 0 Å². The van der Waals surface area contributed by atoms with Crippen molar-refractivity contribution < 1.29 is 9.90 Å². The smallest absolute Gasteiger partial charge is 0.143 e. The van der Waals surface area contributed by atoms with Crippen LogP contribution in [0, 0.1) is 0 Å². The van der Waals surface area contributed by atoms with Crippen LogP contribution in [-0.2, 0) is 0 Å². The van der Waals surface area contributed by atoms with Crippen molar-refractivity contribution in [1.82, 2.24) is 0 Å². The average Bonchev–Trinajstić information content (AvgIpc) is 3.56. The highest BCUT2D eigenvalue weighted by Gasteiger charge is 2.23. The second kappa shape index (κ2) is 10.4. The van der Waals surface area contributed by atoms with Crippen molar-refractivity contribution in [3.8, 4) is 44.5 Å². The van der Waals surface area contributed by atoms with Gasteiger partial charge in [-0.15, -0.1) is 0 Å². The second-order valence-corrected chi connectivity index (χ2v) is 11.3. The van der Waals surface area contributed by atoms with Gasteiger partial charge in [0.05, 0.1) is 5.48 Å². The Morgan fingerprint density at radius 3 is 1.64 bits per heavy atom. The van der Waals surface area contributed by atoms with Crippen LogP contribution in [0.15, 0.2) is 174 Å².